The van der Waals surface area contributed by atoms with Crippen LogP contribution in [-0.2, 0) is 10.0 Å². The molecule has 25 heavy (non-hydrogen) atoms. The third-order valence-electron chi connectivity index (χ3n) is 4.42. The zero-order valence-corrected chi connectivity index (χ0v) is 15.7. The minimum atomic E-state index is -3.72. The van der Waals surface area contributed by atoms with Crippen LogP contribution >= 0.6 is 0 Å². The molecule has 0 saturated carbocycles. The first kappa shape index (κ1) is 19.1. The summed E-state index contributed by atoms with van der Waals surface area (Å²) in [6.07, 6.45) is 0. The standard InChI is InChI=1S/C19H24N2O3S/c1-13(2)15-5-7-17(8-6-15)19(22)21(4)14(3)16-9-11-18(12-10-16)25(20,23)24/h5-14H,1-4H3,(H2,20,23,24). The van der Waals surface area contributed by atoms with Crippen molar-refractivity contribution >= 4 is 15.9 Å². The molecule has 1 atom stereocenters. The molecular formula is C19H24N2O3S. The molecule has 134 valence electrons. The lowest BCUT2D eigenvalue weighted by Gasteiger charge is -2.25. The minimum Gasteiger partial charge on any atom is -0.335 e. The molecule has 2 aromatic carbocycles. The van der Waals surface area contributed by atoms with Gasteiger partial charge in [-0.25, -0.2) is 13.6 Å². The lowest BCUT2D eigenvalue weighted by molar-refractivity contribution is 0.0742. The Kier molecular flexibility index (Phi) is 5.65. The van der Waals surface area contributed by atoms with Crippen molar-refractivity contribution in [2.75, 3.05) is 7.05 Å². The van der Waals surface area contributed by atoms with Crippen LogP contribution in [0, 0.1) is 0 Å². The minimum absolute atomic E-state index is 0.0571. The summed E-state index contributed by atoms with van der Waals surface area (Å²) in [5.41, 5.74) is 2.65. The molecule has 0 aliphatic rings. The monoisotopic (exact) mass is 360 g/mol. The van der Waals surface area contributed by atoms with Gasteiger partial charge in [0.05, 0.1) is 10.9 Å². The molecule has 0 aliphatic heterocycles. The van der Waals surface area contributed by atoms with Gasteiger partial charge >= 0.3 is 0 Å². The Morgan fingerprint density at radius 3 is 1.84 bits per heavy atom. The molecule has 1 unspecified atom stereocenters. The van der Waals surface area contributed by atoms with Crippen LogP contribution in [0.15, 0.2) is 53.4 Å². The van der Waals surface area contributed by atoms with Crippen molar-refractivity contribution < 1.29 is 13.2 Å². The quantitative estimate of drug-likeness (QED) is 0.888. The van der Waals surface area contributed by atoms with E-state index in [1.54, 1.807) is 24.1 Å². The molecule has 0 aliphatic carbocycles. The molecule has 0 radical (unpaired) electrons. The molecule has 0 aromatic heterocycles. The number of nitrogens with two attached hydrogens (primary N) is 1. The Labute approximate surface area is 149 Å². The van der Waals surface area contributed by atoms with E-state index in [-0.39, 0.29) is 16.8 Å². The molecular weight excluding hydrogens is 336 g/mol. The summed E-state index contributed by atoms with van der Waals surface area (Å²) < 4.78 is 22.7. The topological polar surface area (TPSA) is 80.5 Å². The Morgan fingerprint density at radius 2 is 1.40 bits per heavy atom. The van der Waals surface area contributed by atoms with Gasteiger partial charge in [0.1, 0.15) is 0 Å². The molecule has 2 N–H and O–H groups in total. The predicted octanol–water partition coefficient (Wildman–Crippen LogP) is 3.29. The van der Waals surface area contributed by atoms with E-state index in [0.717, 1.165) is 5.56 Å². The molecule has 6 heteroatoms. The van der Waals surface area contributed by atoms with E-state index in [4.69, 9.17) is 5.14 Å². The summed E-state index contributed by atoms with van der Waals surface area (Å²) in [6.45, 7) is 6.11. The maximum Gasteiger partial charge on any atom is 0.254 e. The molecule has 0 heterocycles. The van der Waals surface area contributed by atoms with Crippen LogP contribution in [0.25, 0.3) is 0 Å². The van der Waals surface area contributed by atoms with Crippen molar-refractivity contribution in [2.24, 2.45) is 5.14 Å². The number of nitrogens with zero attached hydrogens (tertiary/aromatic N) is 1. The van der Waals surface area contributed by atoms with Crippen LogP contribution in [0.5, 0.6) is 0 Å². The molecule has 5 nitrogen and oxygen atoms in total. The van der Waals surface area contributed by atoms with E-state index in [2.05, 4.69) is 13.8 Å². The number of rotatable bonds is 5. The van der Waals surface area contributed by atoms with Gasteiger partial charge in [-0.15, -0.1) is 0 Å². The fraction of sp³-hybridized carbons (Fsp3) is 0.316. The Morgan fingerprint density at radius 1 is 0.920 bits per heavy atom. The second-order valence-corrected chi connectivity index (χ2v) is 8.04. The van der Waals surface area contributed by atoms with Gasteiger partial charge in [-0.3, -0.25) is 4.79 Å². The highest BCUT2D eigenvalue weighted by Gasteiger charge is 2.19. The molecule has 0 fully saturated rings. The SMILES string of the molecule is CC(C)c1ccc(C(=O)N(C)C(C)c2ccc(S(N)(=O)=O)cc2)cc1. The van der Waals surface area contributed by atoms with E-state index < -0.39 is 10.0 Å². The number of carbonyl (C=O) groups excluding carboxylic acids is 1. The van der Waals surface area contributed by atoms with Gasteiger partial charge in [0, 0.05) is 12.6 Å². The highest BCUT2D eigenvalue weighted by atomic mass is 32.2. The average Bonchev–Trinajstić information content (AvgIpc) is 2.59. The average molecular weight is 360 g/mol. The fourth-order valence-corrected chi connectivity index (χ4v) is 3.07. The highest BCUT2D eigenvalue weighted by molar-refractivity contribution is 7.89. The number of benzene rings is 2. The Bertz CT molecular complexity index is 841. The van der Waals surface area contributed by atoms with Crippen molar-refractivity contribution in [3.05, 3.63) is 65.2 Å². The first-order chi connectivity index (χ1) is 11.6. The van der Waals surface area contributed by atoms with Crippen molar-refractivity contribution in [3.63, 3.8) is 0 Å². The van der Waals surface area contributed by atoms with Crippen molar-refractivity contribution in [3.8, 4) is 0 Å². The van der Waals surface area contributed by atoms with Crippen molar-refractivity contribution in [1.29, 1.82) is 0 Å². The largest absolute Gasteiger partial charge is 0.335 e. The van der Waals surface area contributed by atoms with E-state index in [1.165, 1.54) is 17.7 Å². The van der Waals surface area contributed by atoms with Crippen LogP contribution in [-0.4, -0.2) is 26.3 Å². The van der Waals surface area contributed by atoms with Crippen LogP contribution in [0.2, 0.25) is 0 Å². The first-order valence-electron chi connectivity index (χ1n) is 8.11. The molecule has 0 spiro atoms. The second kappa shape index (κ2) is 7.37. The summed E-state index contributed by atoms with van der Waals surface area (Å²) in [7, 11) is -1.98. The lowest BCUT2D eigenvalue weighted by atomic mass is 10.0. The number of primary sulfonamides is 1. The number of sulfonamides is 1. The summed E-state index contributed by atoms with van der Waals surface area (Å²) in [4.78, 5) is 14.4. The van der Waals surface area contributed by atoms with E-state index in [0.29, 0.717) is 11.5 Å². The maximum absolute atomic E-state index is 12.7. The first-order valence-corrected chi connectivity index (χ1v) is 9.65. The van der Waals surface area contributed by atoms with Gasteiger partial charge in [-0.1, -0.05) is 38.1 Å². The third kappa shape index (κ3) is 4.46. The maximum atomic E-state index is 12.7. The number of amides is 1. The second-order valence-electron chi connectivity index (χ2n) is 6.48. The van der Waals surface area contributed by atoms with Gasteiger partial charge < -0.3 is 4.90 Å². The highest BCUT2D eigenvalue weighted by Crippen LogP contribution is 2.23. The third-order valence-corrected chi connectivity index (χ3v) is 5.35. The van der Waals surface area contributed by atoms with Crippen molar-refractivity contribution in [1.82, 2.24) is 4.90 Å². The van der Waals surface area contributed by atoms with Gasteiger partial charge in [-0.2, -0.15) is 0 Å². The molecule has 0 bridgehead atoms. The van der Waals surface area contributed by atoms with Crippen LogP contribution in [0.1, 0.15) is 54.2 Å². The summed E-state index contributed by atoms with van der Waals surface area (Å²) >= 11 is 0. The van der Waals surface area contributed by atoms with Gasteiger partial charge in [0.25, 0.3) is 5.91 Å². The van der Waals surface area contributed by atoms with Crippen LogP contribution in [0.4, 0.5) is 0 Å². The number of hydrogen-bond donors (Lipinski definition) is 1. The fourth-order valence-electron chi connectivity index (χ4n) is 2.55. The van der Waals surface area contributed by atoms with Gasteiger partial charge in [0.15, 0.2) is 0 Å². The summed E-state index contributed by atoms with van der Waals surface area (Å²) in [5, 5.41) is 5.11. The van der Waals surface area contributed by atoms with E-state index in [9.17, 15) is 13.2 Å². The molecule has 1 amide bonds. The van der Waals surface area contributed by atoms with E-state index >= 15 is 0 Å². The molecule has 0 saturated heterocycles. The lowest BCUT2D eigenvalue weighted by Crippen LogP contribution is -2.29. The van der Waals surface area contributed by atoms with Crippen LogP contribution < -0.4 is 5.14 Å². The zero-order chi connectivity index (χ0) is 18.8. The summed E-state index contributed by atoms with van der Waals surface area (Å²) in [6, 6.07) is 13.7. The number of carbonyl (C=O) groups is 1. The Balaban J connectivity index is 2.18. The van der Waals surface area contributed by atoms with Crippen LogP contribution in [0.3, 0.4) is 0 Å². The number of hydrogen-bond acceptors (Lipinski definition) is 3. The van der Waals surface area contributed by atoms with Gasteiger partial charge in [0.2, 0.25) is 10.0 Å². The predicted molar refractivity (Wildman–Crippen MR) is 98.9 cm³/mol. The summed E-state index contributed by atoms with van der Waals surface area (Å²) in [5.74, 6) is 0.330. The van der Waals surface area contributed by atoms with E-state index in [1.807, 2.05) is 31.2 Å². The Hall–Kier alpha value is -2.18. The van der Waals surface area contributed by atoms with Crippen molar-refractivity contribution in [2.45, 2.75) is 37.6 Å². The zero-order valence-electron chi connectivity index (χ0n) is 14.9. The molecule has 2 rings (SSSR count). The normalized spacial score (nSPS) is 12.9. The molecule has 2 aromatic rings. The smallest absolute Gasteiger partial charge is 0.254 e. The van der Waals surface area contributed by atoms with Gasteiger partial charge in [-0.05, 0) is 48.2 Å².